The van der Waals surface area contributed by atoms with Crippen LogP contribution in [0.25, 0.3) is 0 Å². The first-order chi connectivity index (χ1) is 8.88. The van der Waals surface area contributed by atoms with E-state index in [9.17, 15) is 9.59 Å². The average Bonchev–Trinajstić information content (AvgIpc) is 2.33. The number of amides is 2. The van der Waals surface area contributed by atoms with Crippen molar-refractivity contribution in [3.8, 4) is 0 Å². The molecule has 1 heterocycles. The van der Waals surface area contributed by atoms with Crippen LogP contribution in [0.1, 0.15) is 33.6 Å². The summed E-state index contributed by atoms with van der Waals surface area (Å²) in [6.07, 6.45) is 8.39. The molecule has 2 rings (SSSR count). The Morgan fingerprint density at radius 3 is 2.63 bits per heavy atom. The maximum absolute atomic E-state index is 12.5. The zero-order valence-corrected chi connectivity index (χ0v) is 11.9. The van der Waals surface area contributed by atoms with Crippen LogP contribution in [0, 0.1) is 5.41 Å². The fourth-order valence-corrected chi connectivity index (χ4v) is 2.43. The van der Waals surface area contributed by atoms with Gasteiger partial charge in [0.05, 0.1) is 6.54 Å². The fourth-order valence-electron chi connectivity index (χ4n) is 2.43. The van der Waals surface area contributed by atoms with Gasteiger partial charge in [-0.1, -0.05) is 39.0 Å². The van der Waals surface area contributed by atoms with Gasteiger partial charge >= 0.3 is 0 Å². The number of carbonyl (C=O) groups excluding carboxylic acids is 2. The summed E-state index contributed by atoms with van der Waals surface area (Å²) in [5, 5.41) is 2.81. The van der Waals surface area contributed by atoms with Gasteiger partial charge in [-0.15, -0.1) is 0 Å². The number of allylic oxidation sites excluding steroid dienone is 2. The van der Waals surface area contributed by atoms with Crippen molar-refractivity contribution in [1.29, 1.82) is 0 Å². The summed E-state index contributed by atoms with van der Waals surface area (Å²) >= 11 is 0. The molecule has 0 radical (unpaired) electrons. The summed E-state index contributed by atoms with van der Waals surface area (Å²) < 4.78 is 0. The molecule has 1 aliphatic heterocycles. The van der Waals surface area contributed by atoms with E-state index in [4.69, 9.17) is 0 Å². The summed E-state index contributed by atoms with van der Waals surface area (Å²) in [5.74, 6) is -0.0492. The molecular formula is C15H22N2O2. The summed E-state index contributed by atoms with van der Waals surface area (Å²) in [6, 6.07) is -0.429. The highest BCUT2D eigenvalue weighted by Gasteiger charge is 2.39. The van der Waals surface area contributed by atoms with Crippen molar-refractivity contribution in [2.24, 2.45) is 5.41 Å². The quantitative estimate of drug-likeness (QED) is 0.822. The van der Waals surface area contributed by atoms with Crippen LogP contribution in [-0.4, -0.2) is 35.8 Å². The first kappa shape index (κ1) is 13.8. The molecule has 0 aromatic carbocycles. The lowest BCUT2D eigenvalue weighted by Crippen LogP contribution is -2.62. The van der Waals surface area contributed by atoms with Crippen LogP contribution in [0.15, 0.2) is 23.8 Å². The Labute approximate surface area is 114 Å². The molecule has 1 aliphatic carbocycles. The Bertz CT molecular complexity index is 444. The number of piperazine rings is 1. The standard InChI is InChI=1S/C15H22N2O2/c1-15(2,3)13-14(19)17(10-12(18)16-13)9-11-7-5-4-6-8-11/h5,7-8,13H,4,6,9-10H2,1-3H3,(H,16,18). The lowest BCUT2D eigenvalue weighted by Gasteiger charge is -2.39. The first-order valence-electron chi connectivity index (χ1n) is 6.81. The predicted molar refractivity (Wildman–Crippen MR) is 74.4 cm³/mol. The van der Waals surface area contributed by atoms with E-state index in [0.29, 0.717) is 6.54 Å². The second-order valence-electron chi connectivity index (χ2n) is 6.32. The zero-order valence-electron chi connectivity index (χ0n) is 11.9. The molecule has 2 aliphatic rings. The molecule has 104 valence electrons. The van der Waals surface area contributed by atoms with Crippen molar-refractivity contribution in [3.05, 3.63) is 23.8 Å². The van der Waals surface area contributed by atoms with Crippen molar-refractivity contribution in [2.45, 2.75) is 39.7 Å². The molecule has 1 fully saturated rings. The topological polar surface area (TPSA) is 49.4 Å². The molecule has 0 spiro atoms. The number of hydrogen-bond acceptors (Lipinski definition) is 2. The van der Waals surface area contributed by atoms with Crippen molar-refractivity contribution in [1.82, 2.24) is 10.2 Å². The number of hydrogen-bond donors (Lipinski definition) is 1. The Hall–Kier alpha value is -1.58. The van der Waals surface area contributed by atoms with Crippen LogP contribution in [0.2, 0.25) is 0 Å². The van der Waals surface area contributed by atoms with E-state index in [1.807, 2.05) is 20.8 Å². The van der Waals surface area contributed by atoms with Gasteiger partial charge in [-0.25, -0.2) is 0 Å². The number of nitrogens with one attached hydrogen (secondary N) is 1. The maximum Gasteiger partial charge on any atom is 0.246 e. The summed E-state index contributed by atoms with van der Waals surface area (Å²) in [6.45, 7) is 6.61. The molecule has 1 N–H and O–H groups in total. The van der Waals surface area contributed by atoms with Gasteiger partial charge in [-0.2, -0.15) is 0 Å². The zero-order chi connectivity index (χ0) is 14.0. The molecule has 1 atom stereocenters. The van der Waals surface area contributed by atoms with Gasteiger partial charge in [-0.3, -0.25) is 9.59 Å². The SMILES string of the molecule is CC(C)(C)C1NC(=O)CN(CC2=CCCC=C2)C1=O. The average molecular weight is 262 g/mol. The third-order valence-electron chi connectivity index (χ3n) is 3.51. The normalized spacial score (nSPS) is 24.3. The second-order valence-corrected chi connectivity index (χ2v) is 6.32. The second kappa shape index (κ2) is 5.19. The van der Waals surface area contributed by atoms with Crippen molar-refractivity contribution >= 4 is 11.8 Å². The fraction of sp³-hybridized carbons (Fsp3) is 0.600. The lowest BCUT2D eigenvalue weighted by atomic mass is 9.84. The molecule has 4 heteroatoms. The van der Waals surface area contributed by atoms with E-state index >= 15 is 0 Å². The minimum absolute atomic E-state index is 0.0203. The summed E-state index contributed by atoms with van der Waals surface area (Å²) in [4.78, 5) is 25.9. The van der Waals surface area contributed by atoms with E-state index < -0.39 is 6.04 Å². The Morgan fingerprint density at radius 2 is 2.05 bits per heavy atom. The molecule has 1 saturated heterocycles. The minimum Gasteiger partial charge on any atom is -0.342 e. The number of nitrogens with zero attached hydrogens (tertiary/aromatic N) is 1. The van der Waals surface area contributed by atoms with Crippen LogP contribution in [-0.2, 0) is 9.59 Å². The van der Waals surface area contributed by atoms with Crippen LogP contribution in [0.3, 0.4) is 0 Å². The minimum atomic E-state index is -0.429. The van der Waals surface area contributed by atoms with Gasteiger partial charge < -0.3 is 10.2 Å². The monoisotopic (exact) mass is 262 g/mol. The third-order valence-corrected chi connectivity index (χ3v) is 3.51. The van der Waals surface area contributed by atoms with Gasteiger partial charge in [-0.05, 0) is 23.8 Å². The smallest absolute Gasteiger partial charge is 0.246 e. The van der Waals surface area contributed by atoms with Crippen molar-refractivity contribution in [3.63, 3.8) is 0 Å². The summed E-state index contributed by atoms with van der Waals surface area (Å²) in [5.41, 5.74) is 0.865. The molecule has 2 amide bonds. The van der Waals surface area contributed by atoms with E-state index in [0.717, 1.165) is 18.4 Å². The van der Waals surface area contributed by atoms with Gasteiger partial charge in [0.2, 0.25) is 11.8 Å². The molecule has 0 bridgehead atoms. The molecule has 1 unspecified atom stereocenters. The molecule has 19 heavy (non-hydrogen) atoms. The van der Waals surface area contributed by atoms with E-state index in [2.05, 4.69) is 23.5 Å². The van der Waals surface area contributed by atoms with Gasteiger partial charge in [0.1, 0.15) is 6.04 Å². The Kier molecular flexibility index (Phi) is 3.78. The maximum atomic E-state index is 12.5. The van der Waals surface area contributed by atoms with E-state index in [1.54, 1.807) is 4.90 Å². The van der Waals surface area contributed by atoms with Crippen LogP contribution in [0.5, 0.6) is 0 Å². The molecular weight excluding hydrogens is 240 g/mol. The largest absolute Gasteiger partial charge is 0.342 e. The molecule has 0 aromatic rings. The van der Waals surface area contributed by atoms with Crippen LogP contribution < -0.4 is 5.32 Å². The van der Waals surface area contributed by atoms with Crippen LogP contribution in [0.4, 0.5) is 0 Å². The van der Waals surface area contributed by atoms with E-state index in [-0.39, 0.29) is 23.8 Å². The van der Waals surface area contributed by atoms with Gasteiger partial charge in [0, 0.05) is 6.54 Å². The first-order valence-corrected chi connectivity index (χ1v) is 6.81. The van der Waals surface area contributed by atoms with Gasteiger partial charge in [0.15, 0.2) is 0 Å². The highest BCUT2D eigenvalue weighted by molar-refractivity contribution is 5.95. The third kappa shape index (κ3) is 3.25. The number of carbonyl (C=O) groups is 2. The lowest BCUT2D eigenvalue weighted by molar-refractivity contribution is -0.146. The van der Waals surface area contributed by atoms with Crippen LogP contribution >= 0.6 is 0 Å². The Balaban J connectivity index is 2.11. The molecule has 4 nitrogen and oxygen atoms in total. The number of rotatable bonds is 2. The predicted octanol–water partition coefficient (Wildman–Crippen LogP) is 1.64. The van der Waals surface area contributed by atoms with Gasteiger partial charge in [0.25, 0.3) is 0 Å². The van der Waals surface area contributed by atoms with E-state index in [1.165, 1.54) is 0 Å². The Morgan fingerprint density at radius 1 is 1.32 bits per heavy atom. The molecule has 0 aromatic heterocycles. The summed E-state index contributed by atoms with van der Waals surface area (Å²) in [7, 11) is 0. The highest BCUT2D eigenvalue weighted by Crippen LogP contribution is 2.24. The molecule has 0 saturated carbocycles. The highest BCUT2D eigenvalue weighted by atomic mass is 16.2. The van der Waals surface area contributed by atoms with Crippen molar-refractivity contribution in [2.75, 3.05) is 13.1 Å². The van der Waals surface area contributed by atoms with Crippen molar-refractivity contribution < 1.29 is 9.59 Å².